The quantitative estimate of drug-likeness (QED) is 0.868. The van der Waals surface area contributed by atoms with E-state index in [1.165, 1.54) is 0 Å². The highest BCUT2D eigenvalue weighted by Crippen LogP contribution is 2.16. The van der Waals surface area contributed by atoms with E-state index in [1.54, 1.807) is 24.2 Å². The van der Waals surface area contributed by atoms with Crippen molar-refractivity contribution < 1.29 is 9.53 Å². The number of rotatable bonds is 4. The van der Waals surface area contributed by atoms with E-state index < -0.39 is 0 Å². The zero-order valence-corrected chi connectivity index (χ0v) is 13.7. The second-order valence-corrected chi connectivity index (χ2v) is 5.93. The topological polar surface area (TPSA) is 67.4 Å². The van der Waals surface area contributed by atoms with Crippen LogP contribution in [0.15, 0.2) is 41.6 Å². The first-order valence-electron chi connectivity index (χ1n) is 7.36. The molecule has 0 atom stereocenters. The Morgan fingerprint density at radius 3 is 2.43 bits per heavy atom. The van der Waals surface area contributed by atoms with Crippen molar-refractivity contribution >= 4 is 29.3 Å². The van der Waals surface area contributed by atoms with Crippen LogP contribution in [-0.4, -0.2) is 48.4 Å². The Hall–Kier alpha value is -2.12. The summed E-state index contributed by atoms with van der Waals surface area (Å²) in [7, 11) is 0. The maximum atomic E-state index is 12.2. The summed E-state index contributed by atoms with van der Waals surface area (Å²) in [6.07, 6.45) is 5.26. The number of thioether (sulfide) groups is 1. The molecule has 1 aromatic heterocycles. The van der Waals surface area contributed by atoms with E-state index in [0.29, 0.717) is 30.4 Å². The Bertz CT molecular complexity index is 655. The second kappa shape index (κ2) is 7.43. The smallest absolute Gasteiger partial charge is 0.255 e. The molecule has 0 radical (unpaired) electrons. The van der Waals surface area contributed by atoms with E-state index in [4.69, 9.17) is 4.74 Å². The average molecular weight is 330 g/mol. The minimum atomic E-state index is -0.166. The van der Waals surface area contributed by atoms with Gasteiger partial charge in [0.2, 0.25) is 5.95 Å². The van der Waals surface area contributed by atoms with E-state index in [0.717, 1.165) is 18.0 Å². The highest BCUT2D eigenvalue weighted by Gasteiger charge is 2.14. The van der Waals surface area contributed by atoms with Crippen molar-refractivity contribution in [3.05, 3.63) is 42.2 Å². The molecule has 1 aromatic carbocycles. The number of carbonyl (C=O) groups is 1. The van der Waals surface area contributed by atoms with Crippen LogP contribution in [0.4, 0.5) is 11.6 Å². The number of hydrogen-bond acceptors (Lipinski definition) is 6. The summed E-state index contributed by atoms with van der Waals surface area (Å²) < 4.78 is 5.31. The average Bonchev–Trinajstić information content (AvgIpc) is 2.63. The number of benzene rings is 1. The Morgan fingerprint density at radius 1 is 1.17 bits per heavy atom. The molecule has 1 fully saturated rings. The van der Waals surface area contributed by atoms with Crippen LogP contribution in [0.25, 0.3) is 0 Å². The Kier molecular flexibility index (Phi) is 5.09. The molecule has 0 aliphatic carbocycles. The van der Waals surface area contributed by atoms with Gasteiger partial charge in [0, 0.05) is 23.5 Å². The van der Waals surface area contributed by atoms with E-state index in [1.807, 2.05) is 30.5 Å². The number of nitrogens with one attached hydrogen (secondary N) is 1. The van der Waals surface area contributed by atoms with Crippen molar-refractivity contribution in [3.8, 4) is 0 Å². The number of anilines is 2. The normalized spacial score (nSPS) is 14.6. The molecule has 0 spiro atoms. The summed E-state index contributed by atoms with van der Waals surface area (Å²) in [6, 6.07) is 7.48. The standard InChI is InChI=1S/C16H18N4O2S/c1-23-14-4-2-12(3-5-14)15(21)19-13-10-17-16(18-11-13)20-6-8-22-9-7-20/h2-5,10-11H,6-9H2,1H3,(H,19,21). The Morgan fingerprint density at radius 2 is 1.83 bits per heavy atom. The number of nitrogens with zero attached hydrogens (tertiary/aromatic N) is 3. The van der Waals surface area contributed by atoms with Crippen LogP contribution >= 0.6 is 11.8 Å². The largest absolute Gasteiger partial charge is 0.378 e. The van der Waals surface area contributed by atoms with Gasteiger partial charge in [0.15, 0.2) is 0 Å². The molecule has 0 bridgehead atoms. The summed E-state index contributed by atoms with van der Waals surface area (Å²) in [4.78, 5) is 24.0. The molecule has 1 aliphatic heterocycles. The first-order chi connectivity index (χ1) is 11.3. The van der Waals surface area contributed by atoms with Gasteiger partial charge < -0.3 is 15.0 Å². The molecule has 3 rings (SSSR count). The van der Waals surface area contributed by atoms with Crippen LogP contribution in [-0.2, 0) is 4.74 Å². The number of hydrogen-bond donors (Lipinski definition) is 1. The molecule has 0 unspecified atom stereocenters. The number of aromatic nitrogens is 2. The molecule has 1 saturated heterocycles. The monoisotopic (exact) mass is 330 g/mol. The highest BCUT2D eigenvalue weighted by molar-refractivity contribution is 7.98. The van der Waals surface area contributed by atoms with Crippen molar-refractivity contribution in [2.45, 2.75) is 4.90 Å². The third kappa shape index (κ3) is 4.00. The minimum Gasteiger partial charge on any atom is -0.378 e. The minimum absolute atomic E-state index is 0.166. The molecule has 23 heavy (non-hydrogen) atoms. The Balaban J connectivity index is 1.63. The fourth-order valence-corrected chi connectivity index (χ4v) is 2.67. The van der Waals surface area contributed by atoms with Crippen molar-refractivity contribution in [3.63, 3.8) is 0 Å². The van der Waals surface area contributed by atoms with Crippen LogP contribution < -0.4 is 10.2 Å². The van der Waals surface area contributed by atoms with Gasteiger partial charge in [-0.2, -0.15) is 0 Å². The highest BCUT2D eigenvalue weighted by atomic mass is 32.2. The third-order valence-electron chi connectivity index (χ3n) is 3.54. The van der Waals surface area contributed by atoms with E-state index in [2.05, 4.69) is 20.2 Å². The zero-order valence-electron chi connectivity index (χ0n) is 12.9. The van der Waals surface area contributed by atoms with E-state index in [9.17, 15) is 4.79 Å². The van der Waals surface area contributed by atoms with Crippen LogP contribution in [0, 0.1) is 0 Å². The number of ether oxygens (including phenoxy) is 1. The van der Waals surface area contributed by atoms with Gasteiger partial charge in [0.25, 0.3) is 5.91 Å². The van der Waals surface area contributed by atoms with Gasteiger partial charge in [-0.1, -0.05) is 0 Å². The molecule has 0 saturated carbocycles. The predicted molar refractivity (Wildman–Crippen MR) is 91.2 cm³/mol. The van der Waals surface area contributed by atoms with Crippen LogP contribution in [0.5, 0.6) is 0 Å². The Labute approximate surface area is 139 Å². The SMILES string of the molecule is CSc1ccc(C(=O)Nc2cnc(N3CCOCC3)nc2)cc1. The lowest BCUT2D eigenvalue weighted by Gasteiger charge is -2.26. The summed E-state index contributed by atoms with van der Waals surface area (Å²) in [5.74, 6) is 0.496. The van der Waals surface area contributed by atoms with E-state index in [-0.39, 0.29) is 5.91 Å². The first kappa shape index (κ1) is 15.8. The predicted octanol–water partition coefficient (Wildman–Crippen LogP) is 2.29. The van der Waals surface area contributed by atoms with Gasteiger partial charge in [-0.05, 0) is 30.5 Å². The van der Waals surface area contributed by atoms with Crippen LogP contribution in [0.2, 0.25) is 0 Å². The second-order valence-electron chi connectivity index (χ2n) is 5.05. The molecule has 1 aliphatic rings. The zero-order chi connectivity index (χ0) is 16.1. The summed E-state index contributed by atoms with van der Waals surface area (Å²) in [6.45, 7) is 2.95. The van der Waals surface area contributed by atoms with E-state index >= 15 is 0 Å². The molecule has 1 N–H and O–H groups in total. The van der Waals surface area contributed by atoms with Gasteiger partial charge in [-0.15, -0.1) is 11.8 Å². The summed E-state index contributed by atoms with van der Waals surface area (Å²) in [5, 5.41) is 2.81. The van der Waals surface area contributed by atoms with Gasteiger partial charge in [-0.25, -0.2) is 9.97 Å². The molecule has 2 heterocycles. The lowest BCUT2D eigenvalue weighted by atomic mass is 10.2. The van der Waals surface area contributed by atoms with Gasteiger partial charge in [0.05, 0.1) is 31.3 Å². The van der Waals surface area contributed by atoms with Gasteiger partial charge >= 0.3 is 0 Å². The summed E-state index contributed by atoms with van der Waals surface area (Å²) >= 11 is 1.64. The number of morpholine rings is 1. The summed E-state index contributed by atoms with van der Waals surface area (Å²) in [5.41, 5.74) is 1.20. The van der Waals surface area contributed by atoms with Crippen molar-refractivity contribution in [1.29, 1.82) is 0 Å². The molecular weight excluding hydrogens is 312 g/mol. The fourth-order valence-electron chi connectivity index (χ4n) is 2.26. The van der Waals surface area contributed by atoms with Crippen LogP contribution in [0.1, 0.15) is 10.4 Å². The van der Waals surface area contributed by atoms with Crippen molar-refractivity contribution in [1.82, 2.24) is 9.97 Å². The number of carbonyl (C=O) groups excluding carboxylic acids is 1. The van der Waals surface area contributed by atoms with Gasteiger partial charge in [-0.3, -0.25) is 4.79 Å². The first-order valence-corrected chi connectivity index (χ1v) is 8.59. The molecule has 120 valence electrons. The third-order valence-corrected chi connectivity index (χ3v) is 4.29. The lowest BCUT2D eigenvalue weighted by molar-refractivity contribution is 0.102. The fraction of sp³-hybridized carbons (Fsp3) is 0.312. The number of amides is 1. The molecule has 6 nitrogen and oxygen atoms in total. The van der Waals surface area contributed by atoms with Crippen molar-refractivity contribution in [2.75, 3.05) is 42.8 Å². The van der Waals surface area contributed by atoms with Crippen LogP contribution in [0.3, 0.4) is 0 Å². The van der Waals surface area contributed by atoms with Crippen molar-refractivity contribution in [2.24, 2.45) is 0 Å². The van der Waals surface area contributed by atoms with Gasteiger partial charge in [0.1, 0.15) is 0 Å². The molecule has 1 amide bonds. The molecule has 7 heteroatoms. The lowest BCUT2D eigenvalue weighted by Crippen LogP contribution is -2.37. The maximum Gasteiger partial charge on any atom is 0.255 e. The molecule has 2 aromatic rings. The molecular formula is C16H18N4O2S. The maximum absolute atomic E-state index is 12.2.